The lowest BCUT2D eigenvalue weighted by molar-refractivity contribution is -0.132. The molecule has 1 aliphatic heterocycles. The Balaban J connectivity index is 1.47. The molecule has 34 heavy (non-hydrogen) atoms. The van der Waals surface area contributed by atoms with Crippen molar-refractivity contribution in [3.05, 3.63) is 65.5 Å². The quantitative estimate of drug-likeness (QED) is 0.618. The van der Waals surface area contributed by atoms with E-state index in [1.807, 2.05) is 29.2 Å². The third-order valence-electron chi connectivity index (χ3n) is 6.29. The molecule has 1 unspecified atom stereocenters. The number of piperazine rings is 1. The van der Waals surface area contributed by atoms with Gasteiger partial charge in [0.2, 0.25) is 11.8 Å². The van der Waals surface area contributed by atoms with Gasteiger partial charge in [-0.15, -0.1) is 0 Å². The van der Waals surface area contributed by atoms with Gasteiger partial charge in [0.05, 0.1) is 13.1 Å². The van der Waals surface area contributed by atoms with Crippen LogP contribution in [0.15, 0.2) is 48.5 Å². The standard InChI is InChI=1S/C27H37FN4O2/c1-5-20-8-6-7-9-23(20)30-24(33)19-31-14-16-32(17-15-31)25(34)18-29-26(27(2,3)4)21-10-12-22(28)13-11-21/h6-13,26,29H,5,14-19H2,1-4H3,(H,30,33). The minimum absolute atomic E-state index is 0.0327. The van der Waals surface area contributed by atoms with Crippen LogP contribution in [-0.4, -0.2) is 60.9 Å². The first-order valence-corrected chi connectivity index (χ1v) is 12.0. The van der Waals surface area contributed by atoms with E-state index >= 15 is 0 Å². The molecule has 0 saturated carbocycles. The highest BCUT2D eigenvalue weighted by molar-refractivity contribution is 5.93. The predicted molar refractivity (Wildman–Crippen MR) is 134 cm³/mol. The average molecular weight is 469 g/mol. The molecular weight excluding hydrogens is 431 g/mol. The van der Waals surface area contributed by atoms with Crippen molar-refractivity contribution >= 4 is 17.5 Å². The minimum Gasteiger partial charge on any atom is -0.339 e. The zero-order valence-electron chi connectivity index (χ0n) is 20.7. The fraction of sp³-hybridized carbons (Fsp3) is 0.481. The first-order valence-electron chi connectivity index (χ1n) is 12.0. The van der Waals surface area contributed by atoms with Gasteiger partial charge in [-0.3, -0.25) is 14.5 Å². The summed E-state index contributed by atoms with van der Waals surface area (Å²) < 4.78 is 13.3. The molecule has 0 aliphatic carbocycles. The van der Waals surface area contributed by atoms with Crippen LogP contribution >= 0.6 is 0 Å². The summed E-state index contributed by atoms with van der Waals surface area (Å²) >= 11 is 0. The van der Waals surface area contributed by atoms with Gasteiger partial charge in [0.15, 0.2) is 0 Å². The largest absolute Gasteiger partial charge is 0.339 e. The number of aryl methyl sites for hydroxylation is 1. The van der Waals surface area contributed by atoms with E-state index in [1.54, 1.807) is 12.1 Å². The number of nitrogens with one attached hydrogen (secondary N) is 2. The van der Waals surface area contributed by atoms with Crippen LogP contribution in [0.25, 0.3) is 0 Å². The maximum Gasteiger partial charge on any atom is 0.238 e. The normalized spacial score (nSPS) is 15.7. The van der Waals surface area contributed by atoms with E-state index < -0.39 is 0 Å². The summed E-state index contributed by atoms with van der Waals surface area (Å²) in [5.74, 6) is -0.263. The van der Waals surface area contributed by atoms with Gasteiger partial charge in [0.1, 0.15) is 5.82 Å². The van der Waals surface area contributed by atoms with Crippen molar-refractivity contribution in [2.75, 3.05) is 44.6 Å². The van der Waals surface area contributed by atoms with E-state index in [0.29, 0.717) is 32.7 Å². The maximum absolute atomic E-state index is 13.3. The molecule has 1 fully saturated rings. The Labute approximate surface area is 202 Å². The number of para-hydroxylation sites is 1. The lowest BCUT2D eigenvalue weighted by atomic mass is 9.82. The van der Waals surface area contributed by atoms with Crippen molar-refractivity contribution in [2.45, 2.75) is 40.2 Å². The van der Waals surface area contributed by atoms with Crippen molar-refractivity contribution in [1.82, 2.24) is 15.1 Å². The van der Waals surface area contributed by atoms with Crippen LogP contribution in [0.3, 0.4) is 0 Å². The Morgan fingerprint density at radius 2 is 1.65 bits per heavy atom. The summed E-state index contributed by atoms with van der Waals surface area (Å²) in [6, 6.07) is 14.2. The van der Waals surface area contributed by atoms with Gasteiger partial charge in [0.25, 0.3) is 0 Å². The van der Waals surface area contributed by atoms with Crippen molar-refractivity contribution in [1.29, 1.82) is 0 Å². The number of carbonyl (C=O) groups is 2. The Morgan fingerprint density at radius 1 is 1.00 bits per heavy atom. The second-order valence-corrected chi connectivity index (χ2v) is 9.95. The van der Waals surface area contributed by atoms with E-state index in [2.05, 4.69) is 43.2 Å². The Morgan fingerprint density at radius 3 is 2.26 bits per heavy atom. The molecule has 184 valence electrons. The molecule has 2 aromatic carbocycles. The van der Waals surface area contributed by atoms with E-state index in [-0.39, 0.29) is 35.6 Å². The van der Waals surface area contributed by atoms with Crippen LogP contribution in [0.4, 0.5) is 10.1 Å². The van der Waals surface area contributed by atoms with Crippen LogP contribution in [0.2, 0.25) is 0 Å². The molecule has 2 N–H and O–H groups in total. The Kier molecular flexibility index (Phi) is 8.80. The summed E-state index contributed by atoms with van der Waals surface area (Å²) in [5, 5.41) is 6.40. The topological polar surface area (TPSA) is 64.7 Å². The molecular formula is C27H37FN4O2. The molecule has 2 amide bonds. The number of amides is 2. The van der Waals surface area contributed by atoms with E-state index in [9.17, 15) is 14.0 Å². The van der Waals surface area contributed by atoms with Crippen molar-refractivity contribution in [3.63, 3.8) is 0 Å². The molecule has 0 radical (unpaired) electrons. The van der Waals surface area contributed by atoms with Gasteiger partial charge in [-0.1, -0.05) is 58.0 Å². The molecule has 1 atom stereocenters. The van der Waals surface area contributed by atoms with Gasteiger partial charge in [0, 0.05) is 37.9 Å². The average Bonchev–Trinajstić information content (AvgIpc) is 2.80. The van der Waals surface area contributed by atoms with Gasteiger partial charge in [-0.25, -0.2) is 4.39 Å². The number of hydrogen-bond donors (Lipinski definition) is 2. The number of halogens is 1. The lowest BCUT2D eigenvalue weighted by Crippen LogP contribution is -2.52. The molecule has 0 bridgehead atoms. The number of carbonyl (C=O) groups excluding carboxylic acids is 2. The first kappa shape index (κ1) is 25.8. The molecule has 1 saturated heterocycles. The monoisotopic (exact) mass is 468 g/mol. The van der Waals surface area contributed by atoms with Crippen molar-refractivity contribution in [2.24, 2.45) is 5.41 Å². The van der Waals surface area contributed by atoms with Crippen LogP contribution in [-0.2, 0) is 16.0 Å². The third-order valence-corrected chi connectivity index (χ3v) is 6.29. The molecule has 2 aromatic rings. The highest BCUT2D eigenvalue weighted by Crippen LogP contribution is 2.32. The molecule has 7 heteroatoms. The first-order chi connectivity index (χ1) is 16.2. The fourth-order valence-corrected chi connectivity index (χ4v) is 4.38. The highest BCUT2D eigenvalue weighted by Gasteiger charge is 2.28. The van der Waals surface area contributed by atoms with Gasteiger partial charge < -0.3 is 15.5 Å². The lowest BCUT2D eigenvalue weighted by Gasteiger charge is -2.36. The Bertz CT molecular complexity index is 963. The Hall–Kier alpha value is -2.77. The molecule has 1 aliphatic rings. The summed E-state index contributed by atoms with van der Waals surface area (Å²) in [6.45, 7) is 11.4. The van der Waals surface area contributed by atoms with E-state index in [0.717, 1.165) is 23.2 Å². The predicted octanol–water partition coefficient (Wildman–Crippen LogP) is 3.85. The number of rotatable bonds is 8. The number of hydrogen-bond acceptors (Lipinski definition) is 4. The zero-order chi connectivity index (χ0) is 24.7. The molecule has 1 heterocycles. The van der Waals surface area contributed by atoms with E-state index in [1.165, 1.54) is 12.1 Å². The van der Waals surface area contributed by atoms with Crippen LogP contribution in [0.1, 0.15) is 44.9 Å². The van der Waals surface area contributed by atoms with Gasteiger partial charge >= 0.3 is 0 Å². The number of anilines is 1. The van der Waals surface area contributed by atoms with E-state index in [4.69, 9.17) is 0 Å². The highest BCUT2D eigenvalue weighted by atomic mass is 19.1. The molecule has 3 rings (SSSR count). The minimum atomic E-state index is -0.270. The smallest absolute Gasteiger partial charge is 0.238 e. The second-order valence-electron chi connectivity index (χ2n) is 9.95. The van der Waals surface area contributed by atoms with Gasteiger partial charge in [-0.05, 0) is 41.2 Å². The molecule has 0 spiro atoms. The number of nitrogens with zero attached hydrogens (tertiary/aromatic N) is 2. The van der Waals surface area contributed by atoms with Crippen molar-refractivity contribution < 1.29 is 14.0 Å². The van der Waals surface area contributed by atoms with Crippen LogP contribution < -0.4 is 10.6 Å². The summed E-state index contributed by atoms with van der Waals surface area (Å²) in [5.41, 5.74) is 2.81. The fourth-order valence-electron chi connectivity index (χ4n) is 4.38. The zero-order valence-corrected chi connectivity index (χ0v) is 20.7. The van der Waals surface area contributed by atoms with Crippen molar-refractivity contribution in [3.8, 4) is 0 Å². The van der Waals surface area contributed by atoms with Crippen LogP contribution in [0.5, 0.6) is 0 Å². The third kappa shape index (κ3) is 7.11. The summed E-state index contributed by atoms with van der Waals surface area (Å²) in [6.07, 6.45) is 0.864. The SMILES string of the molecule is CCc1ccccc1NC(=O)CN1CCN(C(=O)CNC(c2ccc(F)cc2)C(C)(C)C)CC1. The summed E-state index contributed by atoms with van der Waals surface area (Å²) in [4.78, 5) is 29.3. The number of benzene rings is 2. The maximum atomic E-state index is 13.3. The summed E-state index contributed by atoms with van der Waals surface area (Å²) in [7, 11) is 0. The molecule has 6 nitrogen and oxygen atoms in total. The van der Waals surface area contributed by atoms with Gasteiger partial charge in [-0.2, -0.15) is 0 Å². The second kappa shape index (κ2) is 11.6. The molecule has 0 aromatic heterocycles. The van der Waals surface area contributed by atoms with Crippen LogP contribution in [0, 0.1) is 11.2 Å².